The minimum absolute atomic E-state index is 0.00171. The Morgan fingerprint density at radius 2 is 1.77 bits per heavy atom. The fourth-order valence-electron chi connectivity index (χ4n) is 8.33. The van der Waals surface area contributed by atoms with Gasteiger partial charge in [0.2, 0.25) is 11.8 Å². The maximum absolute atomic E-state index is 14.2. The zero-order valence-corrected chi connectivity index (χ0v) is 34.0. The van der Waals surface area contributed by atoms with Gasteiger partial charge in [-0.15, -0.1) is 5.10 Å². The Labute approximate surface area is 336 Å². The predicted molar refractivity (Wildman–Crippen MR) is 210 cm³/mol. The smallest absolute Gasteiger partial charge is 0.408 e. The molecule has 2 aromatic heterocycles. The molecule has 0 radical (unpaired) electrons. The first-order valence-corrected chi connectivity index (χ1v) is 20.1. The summed E-state index contributed by atoms with van der Waals surface area (Å²) < 4.78 is 30.0. The van der Waals surface area contributed by atoms with Gasteiger partial charge in [-0.3, -0.25) is 9.59 Å². The number of anilines is 1. The molecule has 4 fully saturated rings. The van der Waals surface area contributed by atoms with E-state index in [1.807, 2.05) is 26.8 Å². The Morgan fingerprint density at radius 1 is 1.00 bits per heavy atom. The van der Waals surface area contributed by atoms with E-state index < -0.39 is 47.6 Å². The number of aromatic nitrogens is 3. The topological polar surface area (TPSA) is 184 Å². The standard InChI is InChI=1S/C40H52ClN7O9/c1-7-25-19-40(25,38(51)54-6)45-36(49)29-17-27(20-47(29)37(50)22(4)43-39(52)57-26-15-23-14-24(23)16-26)56-31-18-33(48-11-10-32(46-48)42-21(2)3)44-35-28(31)8-9-30(34(35)41)55-13-12-53-5/h8-11,18,21-27,29H,7,12-17,19-20H2,1-6H3,(H,42,46)(H,43,52)(H,45,49)/t22-,23-,24+,25+,26?,27+,29-,40+/m0/s1. The molecule has 57 heavy (non-hydrogen) atoms. The molecule has 16 nitrogen and oxygen atoms in total. The van der Waals surface area contributed by atoms with Crippen LogP contribution in [0.4, 0.5) is 10.6 Å². The van der Waals surface area contributed by atoms with Crippen LogP contribution in [-0.2, 0) is 28.6 Å². The number of carbonyl (C=O) groups excluding carboxylic acids is 4. The Kier molecular flexibility index (Phi) is 11.7. The molecule has 8 atom stereocenters. The molecule has 3 amide bonds. The number of alkyl carbamates (subject to hydrolysis) is 1. The number of amides is 3. The SMILES string of the molecule is CC[C@@H]1C[C@]1(NC(=O)[C@@H]1C[C@@H](Oc2cc(-n3ccc(NC(C)C)n3)nc3c(Cl)c(OCCOC)ccc23)CN1C(=O)[C@H](C)NC(=O)OC1C[C@@H]2C[C@@H]2C1)C(=O)OC. The van der Waals surface area contributed by atoms with Crippen LogP contribution >= 0.6 is 11.6 Å². The molecule has 17 heteroatoms. The lowest BCUT2D eigenvalue weighted by Crippen LogP contribution is -2.56. The molecule has 1 aliphatic heterocycles. The third-order valence-corrected chi connectivity index (χ3v) is 11.8. The second-order valence-electron chi connectivity index (χ2n) is 15.9. The predicted octanol–water partition coefficient (Wildman–Crippen LogP) is 4.64. The van der Waals surface area contributed by atoms with E-state index in [2.05, 4.69) is 21.0 Å². The highest BCUT2D eigenvalue weighted by Gasteiger charge is 2.62. The monoisotopic (exact) mass is 809 g/mol. The van der Waals surface area contributed by atoms with Crippen LogP contribution in [-0.4, -0.2) is 113 Å². The molecule has 1 saturated heterocycles. The summed E-state index contributed by atoms with van der Waals surface area (Å²) in [6, 6.07) is 5.17. The Bertz CT molecular complexity index is 2000. The molecular weight excluding hydrogens is 758 g/mol. The minimum Gasteiger partial charge on any atom is -0.490 e. The van der Waals surface area contributed by atoms with E-state index in [-0.39, 0.29) is 42.7 Å². The number of fused-ring (bicyclic) bond motifs is 2. The summed E-state index contributed by atoms with van der Waals surface area (Å²) in [5.41, 5.74) is -0.782. The van der Waals surface area contributed by atoms with Crippen molar-refractivity contribution in [3.8, 4) is 17.3 Å². The summed E-state index contributed by atoms with van der Waals surface area (Å²) in [4.78, 5) is 60.4. The van der Waals surface area contributed by atoms with Crippen molar-refractivity contribution < 1.29 is 42.9 Å². The first-order chi connectivity index (χ1) is 27.3. The van der Waals surface area contributed by atoms with Crippen LogP contribution < -0.4 is 25.4 Å². The number of nitrogens with one attached hydrogen (secondary N) is 3. The first-order valence-electron chi connectivity index (χ1n) is 19.8. The lowest BCUT2D eigenvalue weighted by Gasteiger charge is -2.28. The Hall–Kier alpha value is -4.83. The molecule has 3 heterocycles. The number of ether oxygens (including phenoxy) is 5. The highest BCUT2D eigenvalue weighted by Crippen LogP contribution is 2.52. The number of halogens is 1. The molecule has 0 spiro atoms. The third kappa shape index (κ3) is 8.57. The molecule has 0 bridgehead atoms. The largest absolute Gasteiger partial charge is 0.490 e. The van der Waals surface area contributed by atoms with E-state index in [4.69, 9.17) is 40.3 Å². The van der Waals surface area contributed by atoms with E-state index in [0.29, 0.717) is 65.3 Å². The zero-order chi connectivity index (χ0) is 40.6. The van der Waals surface area contributed by atoms with Gasteiger partial charge >= 0.3 is 12.1 Å². The summed E-state index contributed by atoms with van der Waals surface area (Å²) in [6.07, 6.45) is 4.25. The van der Waals surface area contributed by atoms with Crippen LogP contribution in [0.2, 0.25) is 5.02 Å². The maximum Gasteiger partial charge on any atom is 0.408 e. The number of hydrogen-bond donors (Lipinski definition) is 3. The van der Waals surface area contributed by atoms with Gasteiger partial charge in [-0.25, -0.2) is 19.3 Å². The van der Waals surface area contributed by atoms with Gasteiger partial charge in [0.05, 0.1) is 25.8 Å². The number of esters is 1. The molecule has 3 aliphatic carbocycles. The van der Waals surface area contributed by atoms with Crippen molar-refractivity contribution in [3.05, 3.63) is 35.5 Å². The minimum atomic E-state index is -1.17. The van der Waals surface area contributed by atoms with E-state index >= 15 is 0 Å². The van der Waals surface area contributed by atoms with Crippen molar-refractivity contribution in [2.75, 3.05) is 39.3 Å². The van der Waals surface area contributed by atoms with Gasteiger partial charge in [-0.1, -0.05) is 24.9 Å². The number of nitrogens with zero attached hydrogens (tertiary/aromatic N) is 4. The second kappa shape index (κ2) is 16.6. The van der Waals surface area contributed by atoms with E-state index in [0.717, 1.165) is 12.8 Å². The number of benzene rings is 1. The van der Waals surface area contributed by atoms with Gasteiger partial charge in [-0.05, 0) is 76.3 Å². The molecule has 3 N–H and O–H groups in total. The van der Waals surface area contributed by atoms with Crippen molar-refractivity contribution in [2.45, 2.75) is 102 Å². The van der Waals surface area contributed by atoms with Gasteiger partial charge in [0.25, 0.3) is 0 Å². The van der Waals surface area contributed by atoms with Crippen molar-refractivity contribution in [2.24, 2.45) is 17.8 Å². The van der Waals surface area contributed by atoms with Gasteiger partial charge in [0.1, 0.15) is 58.8 Å². The van der Waals surface area contributed by atoms with E-state index in [1.165, 1.54) is 18.4 Å². The normalized spacial score (nSPS) is 26.4. The lowest BCUT2D eigenvalue weighted by molar-refractivity contribution is -0.148. The van der Waals surface area contributed by atoms with Gasteiger partial charge in [-0.2, -0.15) is 0 Å². The first kappa shape index (κ1) is 40.4. The number of likely N-dealkylation sites (tertiary alicyclic amines) is 1. The Morgan fingerprint density at radius 3 is 2.46 bits per heavy atom. The van der Waals surface area contributed by atoms with Crippen molar-refractivity contribution in [3.63, 3.8) is 0 Å². The number of carbonyl (C=O) groups is 4. The molecule has 3 saturated carbocycles. The molecule has 4 aliphatic rings. The van der Waals surface area contributed by atoms with Crippen LogP contribution in [0, 0.1) is 17.8 Å². The summed E-state index contributed by atoms with van der Waals surface area (Å²) >= 11 is 6.93. The fraction of sp³-hybridized carbons (Fsp3) is 0.600. The lowest BCUT2D eigenvalue weighted by atomic mass is 10.1. The molecule has 1 aromatic carbocycles. The number of hydrogen-bond acceptors (Lipinski definition) is 12. The maximum atomic E-state index is 14.2. The van der Waals surface area contributed by atoms with E-state index in [1.54, 1.807) is 43.1 Å². The van der Waals surface area contributed by atoms with Crippen molar-refractivity contribution in [1.82, 2.24) is 30.3 Å². The summed E-state index contributed by atoms with van der Waals surface area (Å²) in [6.45, 7) is 8.15. The highest BCUT2D eigenvalue weighted by atomic mass is 35.5. The van der Waals surface area contributed by atoms with Crippen LogP contribution in [0.5, 0.6) is 11.5 Å². The quantitative estimate of drug-likeness (QED) is 0.135. The van der Waals surface area contributed by atoms with Gasteiger partial charge in [0, 0.05) is 43.3 Å². The van der Waals surface area contributed by atoms with Crippen LogP contribution in [0.1, 0.15) is 66.2 Å². The summed E-state index contributed by atoms with van der Waals surface area (Å²) in [5.74, 6) is 1.44. The number of pyridine rings is 1. The Balaban J connectivity index is 1.17. The number of rotatable bonds is 16. The number of methoxy groups -OCH3 is 2. The third-order valence-electron chi connectivity index (χ3n) is 11.5. The zero-order valence-electron chi connectivity index (χ0n) is 33.2. The average molecular weight is 810 g/mol. The second-order valence-corrected chi connectivity index (χ2v) is 16.3. The summed E-state index contributed by atoms with van der Waals surface area (Å²) in [7, 11) is 2.87. The molecule has 1 unspecified atom stereocenters. The van der Waals surface area contributed by atoms with Crippen LogP contribution in [0.3, 0.4) is 0 Å². The van der Waals surface area contributed by atoms with Crippen molar-refractivity contribution >= 4 is 52.2 Å². The average Bonchev–Trinajstić information content (AvgIpc) is 3.84. The fourth-order valence-corrected chi connectivity index (χ4v) is 8.59. The van der Waals surface area contributed by atoms with E-state index in [9.17, 15) is 19.2 Å². The highest BCUT2D eigenvalue weighted by molar-refractivity contribution is 6.36. The van der Waals surface area contributed by atoms with Gasteiger partial charge < -0.3 is 44.5 Å². The molecule has 308 valence electrons. The van der Waals surface area contributed by atoms with Crippen LogP contribution in [0.15, 0.2) is 30.5 Å². The van der Waals surface area contributed by atoms with Crippen LogP contribution in [0.25, 0.3) is 16.7 Å². The van der Waals surface area contributed by atoms with Gasteiger partial charge in [0.15, 0.2) is 5.82 Å². The molecule has 7 rings (SSSR count). The molecule has 3 aromatic rings. The summed E-state index contributed by atoms with van der Waals surface area (Å²) in [5, 5.41) is 14.4. The molecular formula is C40H52ClN7O9. The van der Waals surface area contributed by atoms with Crippen molar-refractivity contribution in [1.29, 1.82) is 0 Å².